The Bertz CT molecular complexity index is 949. The van der Waals surface area contributed by atoms with Crippen LogP contribution in [-0.2, 0) is 6.54 Å². The average Bonchev–Trinajstić information content (AvgIpc) is 3.04. The Morgan fingerprint density at radius 2 is 2.11 bits per heavy atom. The predicted octanol–water partition coefficient (Wildman–Crippen LogP) is 2.40. The van der Waals surface area contributed by atoms with Gasteiger partial charge in [-0.1, -0.05) is 18.2 Å². The molecule has 4 heterocycles. The number of imidazole rings is 1. The zero-order valence-corrected chi connectivity index (χ0v) is 10.1. The molecule has 0 unspecified atom stereocenters. The van der Waals surface area contributed by atoms with Gasteiger partial charge >= 0.3 is 5.71 Å². The molecule has 1 aliphatic rings. The summed E-state index contributed by atoms with van der Waals surface area (Å²) >= 11 is 0. The number of aromatic nitrogens is 3. The van der Waals surface area contributed by atoms with E-state index in [1.54, 1.807) is 6.20 Å². The number of pyridine rings is 1. The monoisotopic (exact) mass is 248 g/mol. The molecule has 0 radical (unpaired) electrons. The summed E-state index contributed by atoms with van der Waals surface area (Å²) in [6, 6.07) is 12.3. The molecule has 4 heteroatoms. The number of nitrogens with zero attached hydrogens (tertiary/aromatic N) is 3. The summed E-state index contributed by atoms with van der Waals surface area (Å²) in [7, 11) is 0. The van der Waals surface area contributed by atoms with Crippen LogP contribution >= 0.6 is 0 Å². The van der Waals surface area contributed by atoms with Crippen molar-refractivity contribution in [3.05, 3.63) is 54.4 Å². The Morgan fingerprint density at radius 1 is 1.16 bits per heavy atom. The zero-order chi connectivity index (χ0) is 12.4. The van der Waals surface area contributed by atoms with E-state index in [1.807, 2.05) is 12.1 Å². The van der Waals surface area contributed by atoms with Gasteiger partial charge < -0.3 is 4.42 Å². The van der Waals surface area contributed by atoms with Crippen LogP contribution in [0, 0.1) is 0 Å². The molecule has 0 atom stereocenters. The van der Waals surface area contributed by atoms with Gasteiger partial charge in [0.15, 0.2) is 11.8 Å². The third-order valence-corrected chi connectivity index (χ3v) is 3.75. The fraction of sp³-hybridized carbons (Fsp3) is 0.0667. The summed E-state index contributed by atoms with van der Waals surface area (Å²) < 4.78 is 10.2. The van der Waals surface area contributed by atoms with Crippen molar-refractivity contribution in [1.82, 2.24) is 9.38 Å². The highest BCUT2D eigenvalue weighted by molar-refractivity contribution is 5.76. The van der Waals surface area contributed by atoms with Gasteiger partial charge in [-0.15, -0.1) is 4.40 Å². The lowest BCUT2D eigenvalue weighted by molar-refractivity contribution is -0.670. The number of benzene rings is 1. The van der Waals surface area contributed by atoms with Crippen LogP contribution in [0.25, 0.3) is 28.3 Å². The maximum absolute atomic E-state index is 5.84. The summed E-state index contributed by atoms with van der Waals surface area (Å²) in [6.45, 7) is 0.900. The van der Waals surface area contributed by atoms with Crippen LogP contribution in [-0.4, -0.2) is 9.38 Å². The highest BCUT2D eigenvalue weighted by atomic mass is 16.3. The normalized spacial score (nSPS) is 13.1. The van der Waals surface area contributed by atoms with Gasteiger partial charge in [-0.2, -0.15) is 0 Å². The van der Waals surface area contributed by atoms with Crippen LogP contribution in [0.4, 0.5) is 0 Å². The molecule has 0 fully saturated rings. The van der Waals surface area contributed by atoms with Crippen molar-refractivity contribution in [2.75, 3.05) is 0 Å². The van der Waals surface area contributed by atoms with Crippen molar-refractivity contribution in [1.29, 1.82) is 0 Å². The van der Waals surface area contributed by atoms with Crippen molar-refractivity contribution < 1.29 is 8.98 Å². The topological polar surface area (TPSA) is 34.3 Å². The first-order valence-electron chi connectivity index (χ1n) is 6.28. The van der Waals surface area contributed by atoms with Crippen LogP contribution in [0.3, 0.4) is 0 Å². The average molecular weight is 248 g/mol. The molecule has 90 valence electrons. The highest BCUT2D eigenvalue weighted by Gasteiger charge is 2.32. The van der Waals surface area contributed by atoms with E-state index in [-0.39, 0.29) is 0 Å². The van der Waals surface area contributed by atoms with Gasteiger partial charge in [0.1, 0.15) is 6.54 Å². The van der Waals surface area contributed by atoms with E-state index < -0.39 is 0 Å². The van der Waals surface area contributed by atoms with E-state index in [1.165, 1.54) is 11.1 Å². The number of hydrogen-bond acceptors (Lipinski definition) is 2. The standard InChI is InChI=1S/C15H10N3O/c1-2-5-11-10(4-1)8-17-9-13-18(15(11)17)14-12(19-13)6-3-7-16-14/h1-7,9H,8H2/q+1. The minimum Gasteiger partial charge on any atom is -0.414 e. The van der Waals surface area contributed by atoms with Gasteiger partial charge in [-0.3, -0.25) is 0 Å². The minimum absolute atomic E-state index is 0.824. The Hall–Kier alpha value is -2.62. The molecule has 5 rings (SSSR count). The van der Waals surface area contributed by atoms with Crippen LogP contribution in [0.2, 0.25) is 0 Å². The molecule has 4 nitrogen and oxygen atoms in total. The molecular weight excluding hydrogens is 238 g/mol. The predicted molar refractivity (Wildman–Crippen MR) is 69.7 cm³/mol. The maximum Gasteiger partial charge on any atom is 0.337 e. The number of fused-ring (bicyclic) bond motifs is 7. The van der Waals surface area contributed by atoms with Gasteiger partial charge in [-0.05, 0) is 18.2 Å². The molecule has 0 amide bonds. The van der Waals surface area contributed by atoms with E-state index in [9.17, 15) is 0 Å². The lowest BCUT2D eigenvalue weighted by Gasteiger charge is -1.91. The quantitative estimate of drug-likeness (QED) is 0.394. The van der Waals surface area contributed by atoms with Gasteiger partial charge in [0, 0.05) is 11.8 Å². The van der Waals surface area contributed by atoms with Gasteiger partial charge in [0.2, 0.25) is 0 Å². The molecule has 19 heavy (non-hydrogen) atoms. The van der Waals surface area contributed by atoms with E-state index in [4.69, 9.17) is 4.42 Å². The molecule has 4 aromatic rings. The van der Waals surface area contributed by atoms with E-state index in [0.717, 1.165) is 29.3 Å². The van der Waals surface area contributed by atoms with E-state index >= 15 is 0 Å². The molecule has 0 saturated carbocycles. The third-order valence-electron chi connectivity index (χ3n) is 3.75. The summed E-state index contributed by atoms with van der Waals surface area (Å²) in [5, 5.41) is 0. The molecule has 3 aromatic heterocycles. The van der Waals surface area contributed by atoms with Crippen LogP contribution in [0.5, 0.6) is 0 Å². The van der Waals surface area contributed by atoms with Gasteiger partial charge in [0.05, 0.1) is 5.56 Å². The fourth-order valence-corrected chi connectivity index (χ4v) is 2.96. The largest absolute Gasteiger partial charge is 0.414 e. The Morgan fingerprint density at radius 3 is 3.11 bits per heavy atom. The van der Waals surface area contributed by atoms with Gasteiger partial charge in [-0.25, -0.2) is 9.55 Å². The Balaban J connectivity index is 2.00. The van der Waals surface area contributed by atoms with Crippen LogP contribution < -0.4 is 4.57 Å². The second-order valence-electron chi connectivity index (χ2n) is 4.84. The molecule has 0 spiro atoms. The number of oxazole rings is 1. The smallest absolute Gasteiger partial charge is 0.337 e. The first kappa shape index (κ1) is 9.33. The number of hydrogen-bond donors (Lipinski definition) is 0. The van der Waals surface area contributed by atoms with Crippen molar-refractivity contribution in [2.24, 2.45) is 0 Å². The minimum atomic E-state index is 0.824. The summed E-state index contributed by atoms with van der Waals surface area (Å²) in [5.41, 5.74) is 5.15. The SMILES string of the molecule is c1ccc2c(c1)C[n+]1cc3oc4cccnc4n3c1-2. The van der Waals surface area contributed by atoms with Gasteiger partial charge in [0.25, 0.3) is 11.5 Å². The Labute approximate surface area is 108 Å². The fourth-order valence-electron chi connectivity index (χ4n) is 2.96. The first-order chi connectivity index (χ1) is 9.42. The molecule has 0 N–H and O–H groups in total. The summed E-state index contributed by atoms with van der Waals surface area (Å²) in [4.78, 5) is 4.45. The van der Waals surface area contributed by atoms with Crippen LogP contribution in [0.1, 0.15) is 5.56 Å². The van der Waals surface area contributed by atoms with Crippen molar-refractivity contribution in [3.8, 4) is 11.4 Å². The van der Waals surface area contributed by atoms with Crippen molar-refractivity contribution in [3.63, 3.8) is 0 Å². The Kier molecular flexibility index (Phi) is 1.49. The molecule has 1 aliphatic heterocycles. The lowest BCUT2D eigenvalue weighted by atomic mass is 10.1. The second kappa shape index (κ2) is 3.03. The molecule has 0 bridgehead atoms. The molecule has 1 aromatic carbocycles. The van der Waals surface area contributed by atoms with Crippen LogP contribution in [0.15, 0.2) is 53.2 Å². The van der Waals surface area contributed by atoms with Crippen molar-refractivity contribution in [2.45, 2.75) is 6.54 Å². The zero-order valence-electron chi connectivity index (χ0n) is 10.1. The number of rotatable bonds is 0. The third kappa shape index (κ3) is 1.04. The maximum atomic E-state index is 5.84. The van der Waals surface area contributed by atoms with E-state index in [0.29, 0.717) is 0 Å². The summed E-state index contributed by atoms with van der Waals surface area (Å²) in [5.74, 6) is 1.16. The highest BCUT2D eigenvalue weighted by Crippen LogP contribution is 2.30. The van der Waals surface area contributed by atoms with E-state index in [2.05, 4.69) is 44.4 Å². The molecule has 0 aliphatic carbocycles. The lowest BCUT2D eigenvalue weighted by Crippen LogP contribution is -2.29. The second-order valence-corrected chi connectivity index (χ2v) is 4.84. The van der Waals surface area contributed by atoms with Crippen molar-refractivity contribution >= 4 is 16.9 Å². The molecule has 0 saturated heterocycles. The summed E-state index contributed by atoms with van der Waals surface area (Å²) in [6.07, 6.45) is 3.85. The molecular formula is C15H10N3O+. The first-order valence-corrected chi connectivity index (χ1v) is 6.28.